The van der Waals surface area contributed by atoms with Crippen LogP contribution in [0.2, 0.25) is 5.02 Å². The van der Waals surface area contributed by atoms with Gasteiger partial charge in [-0.1, -0.05) is 76.1 Å². The highest BCUT2D eigenvalue weighted by atomic mass is 79.9. The molecule has 0 aliphatic carbocycles. The molecule has 0 spiro atoms. The summed E-state index contributed by atoms with van der Waals surface area (Å²) in [7, 11) is 0. The van der Waals surface area contributed by atoms with Crippen LogP contribution < -0.4 is 0 Å². The van der Waals surface area contributed by atoms with Gasteiger partial charge in [-0.15, -0.1) is 11.3 Å². The molecule has 2 heterocycles. The van der Waals surface area contributed by atoms with Gasteiger partial charge in [0.05, 0.1) is 5.02 Å². The number of fused-ring (bicyclic) bond motifs is 1. The predicted octanol–water partition coefficient (Wildman–Crippen LogP) is 6.22. The van der Waals surface area contributed by atoms with Crippen LogP contribution in [0.5, 0.6) is 0 Å². The topological polar surface area (TPSA) is 38.7 Å². The molecule has 0 fully saturated rings. The first kappa shape index (κ1) is 17.2. The second kappa shape index (κ2) is 7.19. The van der Waals surface area contributed by atoms with Crippen molar-refractivity contribution in [2.75, 3.05) is 0 Å². The van der Waals surface area contributed by atoms with Crippen LogP contribution in [0.1, 0.15) is 10.4 Å². The molecule has 0 radical (unpaired) electrons. The van der Waals surface area contributed by atoms with Gasteiger partial charge in [-0.25, -0.2) is 9.79 Å². The number of thiophene rings is 1. The molecule has 0 amide bonds. The Hall–Kier alpha value is -2.21. The van der Waals surface area contributed by atoms with E-state index in [4.69, 9.17) is 16.3 Å². The van der Waals surface area contributed by atoms with Crippen LogP contribution in [0.3, 0.4) is 0 Å². The minimum absolute atomic E-state index is 0.247. The number of carbonyl (C=O) groups is 1. The summed E-state index contributed by atoms with van der Waals surface area (Å²) in [6, 6.07) is 15.6. The van der Waals surface area contributed by atoms with Gasteiger partial charge in [-0.05, 0) is 23.8 Å². The average Bonchev–Trinajstić information content (AvgIpc) is 3.16. The third-order valence-electron chi connectivity index (χ3n) is 3.75. The first-order valence-electron chi connectivity index (χ1n) is 7.74. The Kier molecular flexibility index (Phi) is 4.76. The summed E-state index contributed by atoms with van der Waals surface area (Å²) in [5.74, 6) is -0.232. The molecule has 128 valence electrons. The number of rotatable bonds is 3. The molecule has 1 aromatic heterocycles. The maximum Gasteiger partial charge on any atom is 0.363 e. The molecule has 0 atom stereocenters. The van der Waals surface area contributed by atoms with Crippen LogP contribution in [-0.2, 0) is 9.53 Å². The van der Waals surface area contributed by atoms with Crippen molar-refractivity contribution in [3.05, 3.63) is 86.3 Å². The van der Waals surface area contributed by atoms with Gasteiger partial charge in [0.25, 0.3) is 0 Å². The molecular weight excluding hydrogens is 434 g/mol. The Labute approximate surface area is 167 Å². The number of allylic oxidation sites excluding steroid dienone is 2. The van der Waals surface area contributed by atoms with Gasteiger partial charge in [0.1, 0.15) is 4.88 Å². The third kappa shape index (κ3) is 3.38. The molecule has 0 unspecified atom stereocenters. The summed E-state index contributed by atoms with van der Waals surface area (Å²) in [4.78, 5) is 17.1. The summed E-state index contributed by atoms with van der Waals surface area (Å²) >= 11 is 11.4. The van der Waals surface area contributed by atoms with E-state index in [1.807, 2.05) is 54.6 Å². The number of aliphatic imine (C=N–C) groups is 1. The molecule has 0 N–H and O–H groups in total. The standard InChI is InChI=1S/C20H11BrClNO2S/c21-13-9-10-14-16(11-13)26-18(17(14)22)19-23-15(20(24)25-19)8-4-7-12-5-2-1-3-6-12/h1-11H/b7-4+,15-8+. The SMILES string of the molecule is O=C1OC(c2sc3cc(Br)ccc3c2Cl)=N/C1=C/C=C/c1ccccc1. The minimum Gasteiger partial charge on any atom is -0.401 e. The largest absolute Gasteiger partial charge is 0.401 e. The van der Waals surface area contributed by atoms with Crippen molar-refractivity contribution in [3.8, 4) is 0 Å². The number of cyclic esters (lactones) is 1. The van der Waals surface area contributed by atoms with E-state index in [2.05, 4.69) is 20.9 Å². The Morgan fingerprint density at radius 1 is 1.15 bits per heavy atom. The first-order chi connectivity index (χ1) is 12.6. The monoisotopic (exact) mass is 443 g/mol. The highest BCUT2D eigenvalue weighted by Gasteiger charge is 2.27. The number of carbonyl (C=O) groups excluding carboxylic acids is 1. The lowest BCUT2D eigenvalue weighted by atomic mass is 10.2. The summed E-state index contributed by atoms with van der Waals surface area (Å²) in [5.41, 5.74) is 1.29. The average molecular weight is 445 g/mol. The van der Waals surface area contributed by atoms with Crippen LogP contribution in [0.15, 0.2) is 75.8 Å². The van der Waals surface area contributed by atoms with E-state index in [-0.39, 0.29) is 11.6 Å². The number of ether oxygens (including phenoxy) is 1. The molecule has 0 bridgehead atoms. The summed E-state index contributed by atoms with van der Waals surface area (Å²) in [6.45, 7) is 0. The molecule has 26 heavy (non-hydrogen) atoms. The minimum atomic E-state index is -0.479. The molecule has 1 aliphatic rings. The summed E-state index contributed by atoms with van der Waals surface area (Å²) < 4.78 is 7.29. The number of halogens is 2. The number of benzene rings is 2. The quantitative estimate of drug-likeness (QED) is 0.355. The van der Waals surface area contributed by atoms with Gasteiger partial charge in [0, 0.05) is 14.6 Å². The zero-order valence-corrected chi connectivity index (χ0v) is 16.4. The van der Waals surface area contributed by atoms with Crippen molar-refractivity contribution in [2.45, 2.75) is 0 Å². The van der Waals surface area contributed by atoms with Crippen molar-refractivity contribution >= 4 is 66.9 Å². The zero-order chi connectivity index (χ0) is 18.1. The second-order valence-electron chi connectivity index (χ2n) is 5.51. The zero-order valence-electron chi connectivity index (χ0n) is 13.3. The molecule has 0 saturated carbocycles. The number of hydrogen-bond donors (Lipinski definition) is 0. The molecule has 3 aromatic rings. The van der Waals surface area contributed by atoms with E-state index in [1.54, 1.807) is 12.2 Å². The lowest BCUT2D eigenvalue weighted by Gasteiger charge is -1.95. The van der Waals surface area contributed by atoms with Crippen molar-refractivity contribution in [3.63, 3.8) is 0 Å². The lowest BCUT2D eigenvalue weighted by molar-refractivity contribution is -0.130. The van der Waals surface area contributed by atoms with Crippen LogP contribution in [0, 0.1) is 0 Å². The molecule has 1 aliphatic heterocycles. The highest BCUT2D eigenvalue weighted by molar-refractivity contribution is 9.10. The van der Waals surface area contributed by atoms with E-state index < -0.39 is 5.97 Å². The van der Waals surface area contributed by atoms with Gasteiger partial charge in [0.2, 0.25) is 5.90 Å². The van der Waals surface area contributed by atoms with Crippen LogP contribution in [0.4, 0.5) is 0 Å². The Bertz CT molecular complexity index is 1100. The fourth-order valence-corrected chi connectivity index (χ4v) is 4.50. The maximum atomic E-state index is 12.1. The van der Waals surface area contributed by atoms with Gasteiger partial charge in [0.15, 0.2) is 5.70 Å². The van der Waals surface area contributed by atoms with E-state index in [9.17, 15) is 4.79 Å². The van der Waals surface area contributed by atoms with E-state index in [0.717, 1.165) is 20.1 Å². The molecule has 6 heteroatoms. The summed E-state index contributed by atoms with van der Waals surface area (Å²) in [6.07, 6.45) is 5.32. The smallest absolute Gasteiger partial charge is 0.363 e. The third-order valence-corrected chi connectivity index (χ3v) is 5.89. The van der Waals surface area contributed by atoms with E-state index >= 15 is 0 Å². The fraction of sp³-hybridized carbons (Fsp3) is 0. The van der Waals surface area contributed by atoms with Gasteiger partial charge < -0.3 is 4.74 Å². The molecular formula is C20H11BrClNO2S. The summed E-state index contributed by atoms with van der Waals surface area (Å²) in [5, 5.41) is 1.46. The first-order valence-corrected chi connectivity index (χ1v) is 9.73. The molecule has 3 nitrogen and oxygen atoms in total. The van der Waals surface area contributed by atoms with Crippen molar-refractivity contribution in [2.24, 2.45) is 4.99 Å². The Balaban J connectivity index is 1.65. The number of nitrogens with zero attached hydrogens (tertiary/aromatic N) is 1. The molecule has 0 saturated heterocycles. The van der Waals surface area contributed by atoms with Crippen LogP contribution >= 0.6 is 38.9 Å². The maximum absolute atomic E-state index is 12.1. The Morgan fingerprint density at radius 3 is 2.77 bits per heavy atom. The second-order valence-corrected chi connectivity index (χ2v) is 7.86. The number of esters is 1. The van der Waals surface area contributed by atoms with Crippen molar-refractivity contribution < 1.29 is 9.53 Å². The predicted molar refractivity (Wildman–Crippen MR) is 111 cm³/mol. The fourth-order valence-electron chi connectivity index (χ4n) is 2.51. The normalized spacial score (nSPS) is 15.8. The van der Waals surface area contributed by atoms with E-state index in [0.29, 0.717) is 9.90 Å². The van der Waals surface area contributed by atoms with Crippen LogP contribution in [-0.4, -0.2) is 11.9 Å². The Morgan fingerprint density at radius 2 is 1.96 bits per heavy atom. The molecule has 2 aromatic carbocycles. The van der Waals surface area contributed by atoms with Crippen molar-refractivity contribution in [1.29, 1.82) is 0 Å². The van der Waals surface area contributed by atoms with Gasteiger partial charge in [-0.2, -0.15) is 0 Å². The van der Waals surface area contributed by atoms with Gasteiger partial charge >= 0.3 is 5.97 Å². The van der Waals surface area contributed by atoms with Gasteiger partial charge in [-0.3, -0.25) is 0 Å². The van der Waals surface area contributed by atoms with Crippen LogP contribution in [0.25, 0.3) is 16.2 Å². The van der Waals surface area contributed by atoms with Crippen molar-refractivity contribution in [1.82, 2.24) is 0 Å². The highest BCUT2D eigenvalue weighted by Crippen LogP contribution is 2.38. The number of hydrogen-bond acceptors (Lipinski definition) is 4. The van der Waals surface area contributed by atoms with E-state index in [1.165, 1.54) is 11.3 Å². The molecule has 4 rings (SSSR count). The lowest BCUT2D eigenvalue weighted by Crippen LogP contribution is -2.03.